The molecule has 0 unspecified atom stereocenters. The van der Waals surface area contributed by atoms with E-state index in [0.29, 0.717) is 18.5 Å². The minimum Gasteiger partial charge on any atom is -0.497 e. The summed E-state index contributed by atoms with van der Waals surface area (Å²) in [5.74, 6) is 4.01. The van der Waals surface area contributed by atoms with Gasteiger partial charge in [-0.15, -0.1) is 0 Å². The molecule has 2 aliphatic heterocycles. The van der Waals surface area contributed by atoms with E-state index < -0.39 is 0 Å². The van der Waals surface area contributed by atoms with Gasteiger partial charge in [-0.2, -0.15) is 11.8 Å². The van der Waals surface area contributed by atoms with E-state index in [9.17, 15) is 4.79 Å². The Morgan fingerprint density at radius 2 is 2.13 bits per heavy atom. The summed E-state index contributed by atoms with van der Waals surface area (Å²) >= 11 is 1.99. The highest BCUT2D eigenvalue weighted by Crippen LogP contribution is 2.29. The zero-order valence-electron chi connectivity index (χ0n) is 14.0. The van der Waals surface area contributed by atoms with Crippen molar-refractivity contribution in [3.63, 3.8) is 0 Å². The zero-order valence-corrected chi connectivity index (χ0v) is 14.8. The number of likely N-dealkylation sites (N-methyl/N-ethyl adjacent to an activating group) is 1. The van der Waals surface area contributed by atoms with Gasteiger partial charge in [0.15, 0.2) is 0 Å². The average Bonchev–Trinajstić information content (AvgIpc) is 3.26. The van der Waals surface area contributed by atoms with Crippen LogP contribution in [0.2, 0.25) is 0 Å². The summed E-state index contributed by atoms with van der Waals surface area (Å²) in [6.45, 7) is 2.28. The third-order valence-corrected chi connectivity index (χ3v) is 6.19. The highest BCUT2D eigenvalue weighted by atomic mass is 32.2. The van der Waals surface area contributed by atoms with Crippen LogP contribution >= 0.6 is 11.8 Å². The van der Waals surface area contributed by atoms with Gasteiger partial charge in [-0.1, -0.05) is 12.1 Å². The van der Waals surface area contributed by atoms with Crippen LogP contribution in [0.3, 0.4) is 0 Å². The first-order valence-electron chi connectivity index (χ1n) is 8.37. The Balaban J connectivity index is 1.52. The predicted octanol–water partition coefficient (Wildman–Crippen LogP) is 2.45. The van der Waals surface area contributed by atoms with Gasteiger partial charge in [-0.3, -0.25) is 9.69 Å². The van der Waals surface area contributed by atoms with Crippen LogP contribution < -0.4 is 4.74 Å². The zero-order chi connectivity index (χ0) is 16.2. The molecule has 0 aromatic heterocycles. The molecule has 2 heterocycles. The van der Waals surface area contributed by atoms with E-state index in [2.05, 4.69) is 24.1 Å². The average molecular weight is 334 g/mol. The summed E-state index contributed by atoms with van der Waals surface area (Å²) in [5, 5.41) is 0. The van der Waals surface area contributed by atoms with Crippen molar-refractivity contribution in [2.75, 3.05) is 45.3 Å². The predicted molar refractivity (Wildman–Crippen MR) is 95.3 cm³/mol. The lowest BCUT2D eigenvalue weighted by atomic mass is 9.98. The number of ether oxygens (including phenoxy) is 1. The molecule has 2 saturated heterocycles. The quantitative estimate of drug-likeness (QED) is 0.828. The lowest BCUT2D eigenvalue weighted by molar-refractivity contribution is -0.131. The number of methoxy groups -OCH3 is 1. The van der Waals surface area contributed by atoms with Gasteiger partial charge in [0.2, 0.25) is 5.91 Å². The lowest BCUT2D eigenvalue weighted by Gasteiger charge is -2.25. The van der Waals surface area contributed by atoms with Crippen LogP contribution in [0.25, 0.3) is 0 Å². The van der Waals surface area contributed by atoms with Crippen molar-refractivity contribution in [2.24, 2.45) is 0 Å². The smallest absolute Gasteiger partial charge is 0.236 e. The van der Waals surface area contributed by atoms with Crippen molar-refractivity contribution in [2.45, 2.75) is 24.8 Å². The molecule has 2 aliphatic rings. The van der Waals surface area contributed by atoms with Crippen molar-refractivity contribution in [1.82, 2.24) is 9.80 Å². The molecule has 0 N–H and O–H groups in total. The molecule has 2 atom stereocenters. The maximum Gasteiger partial charge on any atom is 0.236 e. The van der Waals surface area contributed by atoms with Crippen LogP contribution in [-0.4, -0.2) is 67.0 Å². The molecule has 126 valence electrons. The number of nitrogens with zero attached hydrogens (tertiary/aromatic N) is 2. The Labute approximate surface area is 143 Å². The van der Waals surface area contributed by atoms with Gasteiger partial charge >= 0.3 is 0 Å². The summed E-state index contributed by atoms with van der Waals surface area (Å²) in [6, 6.07) is 8.83. The van der Waals surface area contributed by atoms with Gasteiger partial charge in [-0.05, 0) is 43.3 Å². The molecular weight excluding hydrogens is 308 g/mol. The summed E-state index contributed by atoms with van der Waals surface area (Å²) in [7, 11) is 3.77. The second-order valence-corrected chi connectivity index (χ2v) is 7.68. The molecule has 3 rings (SSSR count). The van der Waals surface area contributed by atoms with Crippen LogP contribution in [0.15, 0.2) is 24.3 Å². The topological polar surface area (TPSA) is 32.8 Å². The fourth-order valence-electron chi connectivity index (χ4n) is 3.45. The van der Waals surface area contributed by atoms with Crippen LogP contribution in [0.4, 0.5) is 0 Å². The van der Waals surface area contributed by atoms with E-state index in [1.165, 1.54) is 17.7 Å². The molecule has 0 saturated carbocycles. The second kappa shape index (κ2) is 7.58. The van der Waals surface area contributed by atoms with Gasteiger partial charge in [-0.25, -0.2) is 0 Å². The number of thioether (sulfide) groups is 1. The standard InChI is InChI=1S/C18H26N2O2S/c1-19(16-8-10-23-13-16)12-18(21)20-9-7-15(11-20)14-3-5-17(22-2)6-4-14/h3-6,15-16H,7-13H2,1-2H3/t15-,16+/m0/s1. The SMILES string of the molecule is COc1ccc([C@H]2CCN(C(=O)CN(C)[C@@H]3CCSC3)C2)cc1. The summed E-state index contributed by atoms with van der Waals surface area (Å²) < 4.78 is 5.21. The van der Waals surface area contributed by atoms with Gasteiger partial charge < -0.3 is 9.64 Å². The highest BCUT2D eigenvalue weighted by Gasteiger charge is 2.29. The Morgan fingerprint density at radius 1 is 1.35 bits per heavy atom. The van der Waals surface area contributed by atoms with Crippen molar-refractivity contribution >= 4 is 17.7 Å². The number of carbonyl (C=O) groups excluding carboxylic acids is 1. The monoisotopic (exact) mass is 334 g/mol. The largest absolute Gasteiger partial charge is 0.497 e. The van der Waals surface area contributed by atoms with Crippen LogP contribution in [0, 0.1) is 0 Å². The molecule has 4 nitrogen and oxygen atoms in total. The summed E-state index contributed by atoms with van der Waals surface area (Å²) in [6.07, 6.45) is 2.27. The number of carbonyl (C=O) groups is 1. The summed E-state index contributed by atoms with van der Waals surface area (Å²) in [4.78, 5) is 16.8. The molecule has 1 amide bonds. The molecule has 0 aliphatic carbocycles. The molecule has 23 heavy (non-hydrogen) atoms. The van der Waals surface area contributed by atoms with E-state index in [0.717, 1.165) is 31.0 Å². The Morgan fingerprint density at radius 3 is 2.78 bits per heavy atom. The van der Waals surface area contributed by atoms with Gasteiger partial charge in [0.05, 0.1) is 13.7 Å². The number of benzene rings is 1. The molecule has 0 radical (unpaired) electrons. The third-order valence-electron chi connectivity index (χ3n) is 5.04. The first-order chi connectivity index (χ1) is 11.2. The van der Waals surface area contributed by atoms with E-state index in [-0.39, 0.29) is 5.91 Å². The third kappa shape index (κ3) is 4.01. The van der Waals surface area contributed by atoms with E-state index in [4.69, 9.17) is 4.74 Å². The van der Waals surface area contributed by atoms with Crippen LogP contribution in [0.5, 0.6) is 5.75 Å². The minimum absolute atomic E-state index is 0.278. The second-order valence-electron chi connectivity index (χ2n) is 6.53. The number of amides is 1. The molecule has 0 spiro atoms. The first-order valence-corrected chi connectivity index (χ1v) is 9.52. The first kappa shape index (κ1) is 16.7. The Bertz CT molecular complexity index is 528. The molecule has 0 bridgehead atoms. The van der Waals surface area contributed by atoms with E-state index in [1.807, 2.05) is 28.8 Å². The van der Waals surface area contributed by atoms with Gasteiger partial charge in [0.1, 0.15) is 5.75 Å². The molecule has 1 aromatic carbocycles. The molecular formula is C18H26N2O2S. The van der Waals surface area contributed by atoms with Crippen molar-refractivity contribution in [3.8, 4) is 5.75 Å². The molecule has 1 aromatic rings. The van der Waals surface area contributed by atoms with Gasteiger partial charge in [0, 0.05) is 30.8 Å². The Hall–Kier alpha value is -1.20. The highest BCUT2D eigenvalue weighted by molar-refractivity contribution is 7.99. The van der Waals surface area contributed by atoms with Crippen molar-refractivity contribution in [3.05, 3.63) is 29.8 Å². The van der Waals surface area contributed by atoms with Gasteiger partial charge in [0.25, 0.3) is 0 Å². The molecule has 2 fully saturated rings. The van der Waals surface area contributed by atoms with Crippen LogP contribution in [-0.2, 0) is 4.79 Å². The fourth-order valence-corrected chi connectivity index (χ4v) is 4.75. The van der Waals surface area contributed by atoms with Crippen molar-refractivity contribution in [1.29, 1.82) is 0 Å². The van der Waals surface area contributed by atoms with E-state index >= 15 is 0 Å². The minimum atomic E-state index is 0.278. The number of hydrogen-bond acceptors (Lipinski definition) is 4. The number of rotatable bonds is 5. The van der Waals surface area contributed by atoms with Crippen molar-refractivity contribution < 1.29 is 9.53 Å². The maximum atomic E-state index is 12.5. The lowest BCUT2D eigenvalue weighted by Crippen LogP contribution is -2.42. The maximum absolute atomic E-state index is 12.5. The molecule has 5 heteroatoms. The number of likely N-dealkylation sites (tertiary alicyclic amines) is 1. The Kier molecular flexibility index (Phi) is 5.49. The number of hydrogen-bond donors (Lipinski definition) is 0. The summed E-state index contributed by atoms with van der Waals surface area (Å²) in [5.41, 5.74) is 1.31. The normalized spacial score (nSPS) is 24.4. The van der Waals surface area contributed by atoms with Crippen LogP contribution in [0.1, 0.15) is 24.3 Å². The van der Waals surface area contributed by atoms with E-state index in [1.54, 1.807) is 7.11 Å². The fraction of sp³-hybridized carbons (Fsp3) is 0.611.